The van der Waals surface area contributed by atoms with E-state index >= 15 is 0 Å². The second-order valence-electron chi connectivity index (χ2n) is 2.70. The highest BCUT2D eigenvalue weighted by molar-refractivity contribution is 8.32. The summed E-state index contributed by atoms with van der Waals surface area (Å²) in [6.45, 7) is 0. The predicted molar refractivity (Wildman–Crippen MR) is 39.4 cm³/mol. The second kappa shape index (κ2) is 2.40. The average molecular weight is 135 g/mol. The molecule has 8 heavy (non-hydrogen) atoms. The Morgan fingerprint density at radius 3 is 1.88 bits per heavy atom. The number of hydrogen-bond acceptors (Lipinski definition) is 1. The van der Waals surface area contributed by atoms with Crippen LogP contribution in [0.2, 0.25) is 0 Å². The quantitative estimate of drug-likeness (QED) is 0.576. The van der Waals surface area contributed by atoms with Gasteiger partial charge >= 0.3 is 0 Å². The summed E-state index contributed by atoms with van der Waals surface area (Å²) in [6.07, 6.45) is 6.20. The van der Waals surface area contributed by atoms with Crippen molar-refractivity contribution in [3.63, 3.8) is 0 Å². The maximum Gasteiger partial charge on any atom is 0.225 e. The lowest BCUT2D eigenvalue weighted by atomic mass is 10.8. The van der Waals surface area contributed by atoms with Crippen molar-refractivity contribution in [2.24, 2.45) is 5.73 Å². The highest BCUT2D eigenvalue weighted by Crippen LogP contribution is 2.33. The topological polar surface area (TPSA) is 43.1 Å². The summed E-state index contributed by atoms with van der Waals surface area (Å²) in [5.74, 6) is 0.361. The molecule has 0 spiro atoms. The Morgan fingerprint density at radius 1 is 1.50 bits per heavy atom. The van der Waals surface area contributed by atoms with Crippen LogP contribution in [0.4, 0.5) is 0 Å². The third kappa shape index (κ3) is 5.82. The van der Waals surface area contributed by atoms with Crippen LogP contribution in [0.3, 0.4) is 0 Å². The van der Waals surface area contributed by atoms with Crippen LogP contribution < -0.4 is 5.73 Å². The standard InChI is InChI=1S/C5H13NOS/c1-8(2,3)4-5(6)7/h4H2,1-3H3,(H2,6,7). The molecule has 0 aromatic carbocycles. The molecule has 1 amide bonds. The third-order valence-electron chi connectivity index (χ3n) is 0.575. The van der Waals surface area contributed by atoms with Gasteiger partial charge in [-0.25, -0.2) is 10.0 Å². The highest BCUT2D eigenvalue weighted by atomic mass is 32.3. The van der Waals surface area contributed by atoms with Gasteiger partial charge in [0.1, 0.15) is 0 Å². The van der Waals surface area contributed by atoms with E-state index in [1.54, 1.807) is 0 Å². The number of hydrogen-bond donors (Lipinski definition) is 1. The first-order valence-electron chi connectivity index (χ1n) is 2.36. The Balaban J connectivity index is 3.55. The summed E-state index contributed by atoms with van der Waals surface area (Å²) >= 11 is 0. The first-order valence-corrected chi connectivity index (χ1v) is 5.39. The second-order valence-corrected chi connectivity index (χ2v) is 7.17. The van der Waals surface area contributed by atoms with Crippen molar-refractivity contribution < 1.29 is 4.79 Å². The van der Waals surface area contributed by atoms with Crippen LogP contribution in [-0.4, -0.2) is 30.4 Å². The Kier molecular flexibility index (Phi) is 2.34. The molecule has 0 heterocycles. The minimum absolute atomic E-state index is 0.187. The molecule has 2 N–H and O–H groups in total. The van der Waals surface area contributed by atoms with E-state index in [-0.39, 0.29) is 5.91 Å². The van der Waals surface area contributed by atoms with E-state index in [0.717, 1.165) is 0 Å². The van der Waals surface area contributed by atoms with Gasteiger partial charge in [0.2, 0.25) is 5.91 Å². The van der Waals surface area contributed by atoms with Crippen molar-refractivity contribution in [3.05, 3.63) is 0 Å². The summed E-state index contributed by atoms with van der Waals surface area (Å²) in [5, 5.41) is 0. The van der Waals surface area contributed by atoms with E-state index in [1.807, 2.05) is 0 Å². The van der Waals surface area contributed by atoms with Gasteiger partial charge in [-0.15, -0.1) is 0 Å². The maximum absolute atomic E-state index is 10.3. The highest BCUT2D eigenvalue weighted by Gasteiger charge is 2.06. The zero-order chi connectivity index (χ0) is 6.78. The summed E-state index contributed by atoms with van der Waals surface area (Å²) < 4.78 is 0. The minimum atomic E-state index is -0.698. The summed E-state index contributed by atoms with van der Waals surface area (Å²) in [5.41, 5.74) is 4.96. The van der Waals surface area contributed by atoms with Crippen LogP contribution >= 0.6 is 10.0 Å². The molecule has 0 aliphatic heterocycles. The molecule has 0 unspecified atom stereocenters. The van der Waals surface area contributed by atoms with Gasteiger partial charge in [-0.1, -0.05) is 0 Å². The molecule has 0 rings (SSSR count). The van der Waals surface area contributed by atoms with Gasteiger partial charge in [0.05, 0.1) is 5.75 Å². The molecule has 0 fully saturated rings. The number of nitrogens with two attached hydrogens (primary N) is 1. The monoisotopic (exact) mass is 135 g/mol. The summed E-state index contributed by atoms with van der Waals surface area (Å²) in [7, 11) is -0.698. The van der Waals surface area contributed by atoms with Crippen molar-refractivity contribution in [1.29, 1.82) is 0 Å². The smallest absolute Gasteiger partial charge is 0.225 e. The van der Waals surface area contributed by atoms with Crippen molar-refractivity contribution in [3.8, 4) is 0 Å². The SMILES string of the molecule is CS(C)(C)CC(N)=O. The molecule has 0 bridgehead atoms. The number of carbonyl (C=O) groups is 1. The fraction of sp³-hybridized carbons (Fsp3) is 0.800. The molecule has 0 aromatic rings. The normalized spacial score (nSPS) is 13.4. The van der Waals surface area contributed by atoms with Gasteiger partial charge in [0.25, 0.3) is 0 Å². The first-order chi connectivity index (χ1) is 3.42. The van der Waals surface area contributed by atoms with E-state index in [4.69, 9.17) is 5.73 Å². The molecule has 3 heteroatoms. The zero-order valence-corrected chi connectivity index (χ0v) is 6.42. The average Bonchev–Trinajstić information content (AvgIpc) is 1.21. The minimum Gasteiger partial charge on any atom is -0.369 e. The first kappa shape index (κ1) is 7.82. The molecule has 2 nitrogen and oxygen atoms in total. The number of carbonyl (C=O) groups excluding carboxylic acids is 1. The largest absolute Gasteiger partial charge is 0.369 e. The van der Waals surface area contributed by atoms with Crippen LogP contribution in [0.15, 0.2) is 0 Å². The van der Waals surface area contributed by atoms with Crippen LogP contribution in [0.5, 0.6) is 0 Å². The maximum atomic E-state index is 10.3. The van der Waals surface area contributed by atoms with Crippen LogP contribution in [-0.2, 0) is 4.79 Å². The number of primary amides is 1. The predicted octanol–water partition coefficient (Wildman–Crippen LogP) is 0.166. The molecule has 0 aromatic heterocycles. The van der Waals surface area contributed by atoms with Gasteiger partial charge in [-0.05, 0) is 18.8 Å². The molecular weight excluding hydrogens is 122 g/mol. The van der Waals surface area contributed by atoms with Gasteiger partial charge in [-0.3, -0.25) is 4.79 Å². The molecule has 0 radical (unpaired) electrons. The van der Waals surface area contributed by atoms with Crippen molar-refractivity contribution in [2.75, 3.05) is 24.5 Å². The Labute approximate surface area is 51.8 Å². The van der Waals surface area contributed by atoms with Gasteiger partial charge in [0, 0.05) is 0 Å². The molecule has 0 aliphatic carbocycles. The molecule has 0 aliphatic rings. The van der Waals surface area contributed by atoms with Gasteiger partial charge in [0.15, 0.2) is 0 Å². The number of rotatable bonds is 2. The molecule has 50 valence electrons. The van der Waals surface area contributed by atoms with Crippen LogP contribution in [0, 0.1) is 0 Å². The fourth-order valence-electron chi connectivity index (χ4n) is 0.427. The molecular formula is C5H13NOS. The van der Waals surface area contributed by atoms with E-state index < -0.39 is 10.0 Å². The lowest BCUT2D eigenvalue weighted by molar-refractivity contribution is -0.115. The Bertz CT molecular complexity index is 95.1. The zero-order valence-electron chi connectivity index (χ0n) is 5.60. The van der Waals surface area contributed by atoms with Crippen LogP contribution in [0.1, 0.15) is 0 Å². The summed E-state index contributed by atoms with van der Waals surface area (Å²) in [6, 6.07) is 0. The van der Waals surface area contributed by atoms with E-state index in [0.29, 0.717) is 5.75 Å². The van der Waals surface area contributed by atoms with Crippen molar-refractivity contribution in [2.45, 2.75) is 0 Å². The van der Waals surface area contributed by atoms with Crippen LogP contribution in [0.25, 0.3) is 0 Å². The number of amides is 1. The molecule has 0 saturated heterocycles. The third-order valence-corrected chi connectivity index (χ3v) is 1.73. The van der Waals surface area contributed by atoms with Crippen molar-refractivity contribution >= 4 is 15.9 Å². The Hall–Kier alpha value is -0.180. The van der Waals surface area contributed by atoms with E-state index in [2.05, 4.69) is 18.8 Å². The van der Waals surface area contributed by atoms with E-state index in [9.17, 15) is 4.79 Å². The van der Waals surface area contributed by atoms with E-state index in [1.165, 1.54) is 0 Å². The van der Waals surface area contributed by atoms with Crippen molar-refractivity contribution in [1.82, 2.24) is 0 Å². The lowest BCUT2D eigenvalue weighted by Gasteiger charge is -2.22. The van der Waals surface area contributed by atoms with Gasteiger partial charge in [-0.2, -0.15) is 0 Å². The fourth-order valence-corrected chi connectivity index (χ4v) is 1.28. The molecule has 0 atom stereocenters. The Morgan fingerprint density at radius 2 is 1.88 bits per heavy atom. The summed E-state index contributed by atoms with van der Waals surface area (Å²) in [4.78, 5) is 10.3. The molecule has 0 saturated carbocycles. The van der Waals surface area contributed by atoms with Gasteiger partial charge < -0.3 is 5.73 Å². The lowest BCUT2D eigenvalue weighted by Crippen LogP contribution is -2.19.